The van der Waals surface area contributed by atoms with Crippen molar-refractivity contribution in [2.45, 2.75) is 83.3 Å². The Morgan fingerprint density at radius 3 is 1.98 bits per heavy atom. The van der Waals surface area contributed by atoms with Gasteiger partial charge in [0.25, 0.3) is 8.53 Å². The van der Waals surface area contributed by atoms with Gasteiger partial charge in [-0.25, -0.2) is 9.46 Å². The minimum atomic E-state index is -1.79. The average Bonchev–Trinajstić information content (AvgIpc) is 3.54. The summed E-state index contributed by atoms with van der Waals surface area (Å²) < 4.78 is 48.0. The molecule has 1 amide bonds. The van der Waals surface area contributed by atoms with Crippen molar-refractivity contribution in [2.24, 2.45) is 0 Å². The zero-order chi connectivity index (χ0) is 41.1. The van der Waals surface area contributed by atoms with Crippen molar-refractivity contribution in [2.75, 3.05) is 39.9 Å². The molecule has 1 aromatic heterocycles. The number of ether oxygens (including phenoxy) is 5. The van der Waals surface area contributed by atoms with Crippen molar-refractivity contribution in [1.29, 1.82) is 5.26 Å². The van der Waals surface area contributed by atoms with Gasteiger partial charge in [0, 0.05) is 32.3 Å². The summed E-state index contributed by atoms with van der Waals surface area (Å²) in [7, 11) is 2.97. The molecule has 1 aliphatic heterocycles. The molecule has 0 radical (unpaired) electrons. The summed E-state index contributed by atoms with van der Waals surface area (Å²) in [6.45, 7) is 9.63. The average molecular weight is 802 g/mol. The molecule has 1 fully saturated rings. The Balaban J connectivity index is 1.65. The molecule has 1 N–H and O–H groups in total. The monoisotopic (exact) mass is 801 g/mol. The molecular formula is C42H52N5O9P. The molecule has 14 nitrogen and oxygen atoms in total. The fourth-order valence-corrected chi connectivity index (χ4v) is 8.75. The molecule has 15 heteroatoms. The van der Waals surface area contributed by atoms with Gasteiger partial charge in [-0.05, 0) is 74.7 Å². The third-order valence-corrected chi connectivity index (χ3v) is 11.6. The molecule has 57 heavy (non-hydrogen) atoms. The largest absolute Gasteiger partial charge is 0.497 e. The van der Waals surface area contributed by atoms with Crippen LogP contribution in [0.4, 0.5) is 5.82 Å². The lowest BCUT2D eigenvalue weighted by Gasteiger charge is -2.39. The first-order chi connectivity index (χ1) is 27.5. The Morgan fingerprint density at radius 2 is 1.49 bits per heavy atom. The Hall–Kier alpha value is -4.71. The second kappa shape index (κ2) is 20.1. The Kier molecular flexibility index (Phi) is 15.3. The van der Waals surface area contributed by atoms with Gasteiger partial charge in [-0.3, -0.25) is 9.36 Å². The lowest BCUT2D eigenvalue weighted by Crippen LogP contribution is -2.43. The van der Waals surface area contributed by atoms with Crippen molar-refractivity contribution < 1.29 is 37.5 Å². The normalized spacial score (nSPS) is 18.8. The van der Waals surface area contributed by atoms with Crippen LogP contribution in [-0.2, 0) is 33.7 Å². The summed E-state index contributed by atoms with van der Waals surface area (Å²) in [5.74, 6) is 1.11. The number of anilines is 1. The first-order valence-electron chi connectivity index (χ1n) is 18.8. The summed E-state index contributed by atoms with van der Waals surface area (Å²) >= 11 is 0. The molecule has 1 saturated heterocycles. The fraction of sp³-hybridized carbons (Fsp3) is 0.429. The molecule has 3 aromatic carbocycles. The van der Waals surface area contributed by atoms with Gasteiger partial charge in [-0.15, -0.1) is 0 Å². The molecule has 0 aliphatic carbocycles. The second-order valence-electron chi connectivity index (χ2n) is 13.9. The van der Waals surface area contributed by atoms with Gasteiger partial charge in [0.15, 0.2) is 6.23 Å². The van der Waals surface area contributed by atoms with Gasteiger partial charge in [-0.2, -0.15) is 10.2 Å². The van der Waals surface area contributed by atoms with Crippen molar-refractivity contribution in [3.8, 4) is 17.6 Å². The maximum absolute atomic E-state index is 13.6. The van der Waals surface area contributed by atoms with Crippen LogP contribution in [0, 0.1) is 11.3 Å². The van der Waals surface area contributed by atoms with Gasteiger partial charge in [0.1, 0.15) is 41.2 Å². The Labute approximate surface area is 335 Å². The first kappa shape index (κ1) is 43.4. The number of rotatable bonds is 19. The van der Waals surface area contributed by atoms with Crippen molar-refractivity contribution in [3.05, 3.63) is 118 Å². The third-order valence-electron chi connectivity index (χ3n) is 9.48. The number of benzene rings is 3. The van der Waals surface area contributed by atoms with Crippen LogP contribution in [0.15, 0.2) is 95.9 Å². The van der Waals surface area contributed by atoms with E-state index < -0.39 is 44.4 Å². The number of nitrogens with zero attached hydrogens (tertiary/aromatic N) is 4. The van der Waals surface area contributed by atoms with E-state index in [1.807, 2.05) is 78.9 Å². The van der Waals surface area contributed by atoms with Crippen LogP contribution in [0.3, 0.4) is 0 Å². The lowest BCUT2D eigenvalue weighted by atomic mass is 9.80. The number of nitriles is 1. The van der Waals surface area contributed by atoms with Crippen LogP contribution >= 0.6 is 8.53 Å². The number of methoxy groups -OCH3 is 3. The highest BCUT2D eigenvalue weighted by Crippen LogP contribution is 2.51. The fourth-order valence-electron chi connectivity index (χ4n) is 6.98. The van der Waals surface area contributed by atoms with E-state index >= 15 is 0 Å². The van der Waals surface area contributed by atoms with Crippen LogP contribution in [0.25, 0.3) is 0 Å². The summed E-state index contributed by atoms with van der Waals surface area (Å²) in [6.07, 6.45) is -1.90. The quantitative estimate of drug-likeness (QED) is 0.0602. The zero-order valence-electron chi connectivity index (χ0n) is 33.7. The lowest BCUT2D eigenvalue weighted by molar-refractivity contribution is -0.114. The first-order valence-corrected chi connectivity index (χ1v) is 19.9. The number of amides is 1. The van der Waals surface area contributed by atoms with Gasteiger partial charge in [0.05, 0.1) is 39.9 Å². The van der Waals surface area contributed by atoms with Gasteiger partial charge in [0.2, 0.25) is 5.91 Å². The SMILES string of the molecule is COc1ccc(C(OC[C@H]2O[C@@H](n3ccc(NC(C)=O)nc3=O)C(OC)[C@@H]2OP(OCCC#N)N(C(C)C)C(C)C)(c2ccccc2)c2ccc(OC)cc2)cc1. The molecule has 0 spiro atoms. The van der Waals surface area contributed by atoms with Crippen LogP contribution in [0.1, 0.15) is 64.0 Å². The van der Waals surface area contributed by atoms with E-state index in [0.29, 0.717) is 11.5 Å². The van der Waals surface area contributed by atoms with Crippen LogP contribution in [0.5, 0.6) is 11.5 Å². The van der Waals surface area contributed by atoms with Crippen LogP contribution in [-0.4, -0.2) is 85.1 Å². The van der Waals surface area contributed by atoms with E-state index in [9.17, 15) is 14.9 Å². The Bertz CT molecular complexity index is 1930. The molecule has 5 rings (SSSR count). The third kappa shape index (κ3) is 10.1. The number of nitrogens with one attached hydrogen (secondary N) is 1. The molecule has 304 valence electrons. The molecule has 5 atom stereocenters. The highest BCUT2D eigenvalue weighted by atomic mass is 31.2. The highest BCUT2D eigenvalue weighted by molar-refractivity contribution is 7.44. The summed E-state index contributed by atoms with van der Waals surface area (Å²) in [5.41, 5.74) is 0.622. The highest BCUT2D eigenvalue weighted by Gasteiger charge is 2.51. The van der Waals surface area contributed by atoms with E-state index in [-0.39, 0.29) is 43.4 Å². The van der Waals surface area contributed by atoms with Gasteiger partial charge < -0.3 is 38.0 Å². The predicted octanol–water partition coefficient (Wildman–Crippen LogP) is 6.80. The topological polar surface area (TPSA) is 156 Å². The van der Waals surface area contributed by atoms with E-state index in [4.69, 9.17) is 32.7 Å². The van der Waals surface area contributed by atoms with Gasteiger partial charge >= 0.3 is 5.69 Å². The van der Waals surface area contributed by atoms with E-state index in [1.165, 1.54) is 30.9 Å². The predicted molar refractivity (Wildman–Crippen MR) is 216 cm³/mol. The van der Waals surface area contributed by atoms with Crippen molar-refractivity contribution in [1.82, 2.24) is 14.2 Å². The summed E-state index contributed by atoms with van der Waals surface area (Å²) in [4.78, 5) is 29.4. The van der Waals surface area contributed by atoms with Crippen LogP contribution in [0.2, 0.25) is 0 Å². The molecule has 2 heterocycles. The van der Waals surface area contributed by atoms with Crippen molar-refractivity contribution >= 4 is 20.3 Å². The van der Waals surface area contributed by atoms with E-state index in [1.54, 1.807) is 14.2 Å². The number of hydrogen-bond donors (Lipinski definition) is 1. The minimum Gasteiger partial charge on any atom is -0.497 e. The minimum absolute atomic E-state index is 0.0102. The van der Waals surface area contributed by atoms with E-state index in [2.05, 4.69) is 48.7 Å². The van der Waals surface area contributed by atoms with E-state index in [0.717, 1.165) is 16.7 Å². The molecule has 4 aromatic rings. The Morgan fingerprint density at radius 1 is 0.912 bits per heavy atom. The maximum Gasteiger partial charge on any atom is 0.351 e. The molecule has 2 unspecified atom stereocenters. The zero-order valence-corrected chi connectivity index (χ0v) is 34.6. The maximum atomic E-state index is 13.6. The second-order valence-corrected chi connectivity index (χ2v) is 15.3. The van der Waals surface area contributed by atoms with Crippen LogP contribution < -0.4 is 20.5 Å². The number of carbonyl (C=O) groups excluding carboxylic acids is 1. The standard InChI is InChI=1S/C42H52N5O9P/c1-28(2)47(29(3)4)57(54-26-12-24-43)56-38-36(55-40(39(38)52-8)46-25-23-37(44-30(5)48)45-41(46)49)27-53-42(31-13-10-9-11-14-31,32-15-19-34(50-6)20-16-32)33-17-21-35(51-7)22-18-33/h9-11,13-23,25,28-29,36,38-40H,12,26-27H2,1-8H3,(H,44,45,48,49)/t36-,38-,39?,40-,57?/m1/s1. The van der Waals surface area contributed by atoms with Gasteiger partial charge in [-0.1, -0.05) is 54.6 Å². The smallest absolute Gasteiger partial charge is 0.351 e. The summed E-state index contributed by atoms with van der Waals surface area (Å²) in [6, 6.07) is 29.0. The number of carbonyl (C=O) groups is 1. The molecule has 0 bridgehead atoms. The summed E-state index contributed by atoms with van der Waals surface area (Å²) in [5, 5.41) is 11.9. The molecular weight excluding hydrogens is 749 g/mol. The number of hydrogen-bond acceptors (Lipinski definition) is 12. The molecule has 0 saturated carbocycles. The number of aromatic nitrogens is 2. The molecule has 1 aliphatic rings. The van der Waals surface area contributed by atoms with Crippen molar-refractivity contribution in [3.63, 3.8) is 0 Å².